The summed E-state index contributed by atoms with van der Waals surface area (Å²) in [6, 6.07) is 12.7. The van der Waals surface area contributed by atoms with Crippen molar-refractivity contribution in [2.24, 2.45) is 5.10 Å². The fourth-order valence-corrected chi connectivity index (χ4v) is 3.88. The minimum Gasteiger partial charge on any atom is -0.284 e. The fourth-order valence-electron chi connectivity index (χ4n) is 3.24. The number of hydrogen-bond acceptors (Lipinski definition) is 4. The first-order chi connectivity index (χ1) is 13.8. The number of nitrogens with zero attached hydrogens (tertiary/aromatic N) is 2. The van der Waals surface area contributed by atoms with Gasteiger partial charge in [-0.2, -0.15) is 5.10 Å². The minimum atomic E-state index is -3.41. The topological polar surface area (TPSA) is 78.8 Å². The molecule has 0 bridgehead atoms. The number of rotatable bonds is 7. The second-order valence-electron chi connectivity index (χ2n) is 6.86. The van der Waals surface area contributed by atoms with Crippen molar-refractivity contribution < 1.29 is 17.6 Å². The van der Waals surface area contributed by atoms with Crippen LogP contribution in [0.15, 0.2) is 53.6 Å². The van der Waals surface area contributed by atoms with Crippen LogP contribution in [-0.2, 0) is 14.8 Å². The number of benzene rings is 2. The quantitative estimate of drug-likeness (QED) is 0.738. The molecule has 0 saturated carbocycles. The lowest BCUT2D eigenvalue weighted by Gasteiger charge is -2.22. The fraction of sp³-hybridized carbons (Fsp3) is 0.333. The second-order valence-corrected chi connectivity index (χ2v) is 8.87. The van der Waals surface area contributed by atoms with E-state index in [1.54, 1.807) is 49.4 Å². The zero-order valence-electron chi connectivity index (χ0n) is 16.4. The van der Waals surface area contributed by atoms with Crippen molar-refractivity contribution in [1.82, 2.24) is 5.01 Å². The predicted molar refractivity (Wildman–Crippen MR) is 112 cm³/mol. The molecule has 1 atom stereocenters. The standard InChI is InChI=1S/C21H24FN3O3S/c1-3-8-21(26)25-20(17-11-5-6-12-18(17)22)14-19(23-25)15-9-7-10-16(13-15)24-29(27,28)4-2/h5-7,9-13,20,24H,3-4,8,14H2,1-2H3/t20-/m1/s1. The largest absolute Gasteiger partial charge is 0.284 e. The Morgan fingerprint density at radius 2 is 1.97 bits per heavy atom. The first-order valence-corrected chi connectivity index (χ1v) is 11.2. The van der Waals surface area contributed by atoms with Crippen molar-refractivity contribution in [2.75, 3.05) is 10.5 Å². The molecule has 6 nitrogen and oxygen atoms in total. The highest BCUT2D eigenvalue weighted by Gasteiger charge is 2.34. The van der Waals surface area contributed by atoms with Gasteiger partial charge in [0.05, 0.1) is 17.5 Å². The van der Waals surface area contributed by atoms with E-state index in [4.69, 9.17) is 0 Å². The molecule has 0 spiro atoms. The Kier molecular flexibility index (Phi) is 6.32. The first kappa shape index (κ1) is 21.0. The monoisotopic (exact) mass is 417 g/mol. The van der Waals surface area contributed by atoms with E-state index in [0.717, 1.165) is 0 Å². The maximum atomic E-state index is 14.4. The lowest BCUT2D eigenvalue weighted by molar-refractivity contribution is -0.133. The van der Waals surface area contributed by atoms with Gasteiger partial charge >= 0.3 is 0 Å². The van der Waals surface area contributed by atoms with Gasteiger partial charge in [-0.3, -0.25) is 9.52 Å². The summed E-state index contributed by atoms with van der Waals surface area (Å²) in [5.41, 5.74) is 2.14. The Morgan fingerprint density at radius 1 is 1.21 bits per heavy atom. The molecule has 0 aromatic heterocycles. The van der Waals surface area contributed by atoms with Crippen LogP contribution in [0.25, 0.3) is 0 Å². The molecule has 154 valence electrons. The lowest BCUT2D eigenvalue weighted by atomic mass is 9.97. The minimum absolute atomic E-state index is 0.0349. The van der Waals surface area contributed by atoms with Crippen molar-refractivity contribution in [3.05, 3.63) is 65.5 Å². The highest BCUT2D eigenvalue weighted by molar-refractivity contribution is 7.92. The van der Waals surface area contributed by atoms with E-state index in [1.165, 1.54) is 11.1 Å². The maximum Gasteiger partial charge on any atom is 0.243 e. The molecule has 1 amide bonds. The Balaban J connectivity index is 1.95. The number of hydrazone groups is 1. The lowest BCUT2D eigenvalue weighted by Crippen LogP contribution is -2.27. The zero-order valence-corrected chi connectivity index (χ0v) is 17.2. The van der Waals surface area contributed by atoms with Crippen LogP contribution in [0.2, 0.25) is 0 Å². The van der Waals surface area contributed by atoms with Gasteiger partial charge in [0.25, 0.3) is 0 Å². The number of carbonyl (C=O) groups is 1. The molecule has 8 heteroatoms. The van der Waals surface area contributed by atoms with Crippen molar-refractivity contribution in [3.63, 3.8) is 0 Å². The average Bonchev–Trinajstić information content (AvgIpc) is 3.14. The normalized spacial score (nSPS) is 16.6. The molecular weight excluding hydrogens is 393 g/mol. The Morgan fingerprint density at radius 3 is 2.66 bits per heavy atom. The van der Waals surface area contributed by atoms with Crippen LogP contribution in [0.4, 0.5) is 10.1 Å². The number of hydrogen-bond donors (Lipinski definition) is 1. The SMILES string of the molecule is CCCC(=O)N1N=C(c2cccc(NS(=O)(=O)CC)c2)C[C@@H]1c1ccccc1F. The average molecular weight is 418 g/mol. The van der Waals surface area contributed by atoms with Gasteiger partial charge in [0.15, 0.2) is 0 Å². The van der Waals surface area contributed by atoms with E-state index in [9.17, 15) is 17.6 Å². The maximum absolute atomic E-state index is 14.4. The summed E-state index contributed by atoms with van der Waals surface area (Å²) in [6.45, 7) is 3.46. The number of amides is 1. The van der Waals surface area contributed by atoms with Crippen LogP contribution in [0.3, 0.4) is 0 Å². The summed E-state index contributed by atoms with van der Waals surface area (Å²) < 4.78 is 40.6. The van der Waals surface area contributed by atoms with Crippen LogP contribution < -0.4 is 4.72 Å². The second kappa shape index (κ2) is 8.73. The number of nitrogens with one attached hydrogen (secondary N) is 1. The molecule has 3 rings (SSSR count). The summed E-state index contributed by atoms with van der Waals surface area (Å²) >= 11 is 0. The molecule has 2 aromatic carbocycles. The van der Waals surface area contributed by atoms with Gasteiger partial charge in [0.2, 0.25) is 15.9 Å². The number of anilines is 1. The van der Waals surface area contributed by atoms with Crippen molar-refractivity contribution in [3.8, 4) is 0 Å². The third kappa shape index (κ3) is 4.82. The third-order valence-corrected chi connectivity index (χ3v) is 6.05. The van der Waals surface area contributed by atoms with Gasteiger partial charge in [-0.05, 0) is 37.1 Å². The van der Waals surface area contributed by atoms with E-state index in [2.05, 4.69) is 9.82 Å². The molecule has 1 N–H and O–H groups in total. The Labute approximate surface area is 170 Å². The number of halogens is 1. The Bertz CT molecular complexity index is 1040. The molecular formula is C21H24FN3O3S. The van der Waals surface area contributed by atoms with E-state index in [-0.39, 0.29) is 17.5 Å². The van der Waals surface area contributed by atoms with E-state index < -0.39 is 16.1 Å². The Hall–Kier alpha value is -2.74. The molecule has 29 heavy (non-hydrogen) atoms. The summed E-state index contributed by atoms with van der Waals surface area (Å²) in [4.78, 5) is 12.6. The van der Waals surface area contributed by atoms with Gasteiger partial charge in [0, 0.05) is 24.1 Å². The van der Waals surface area contributed by atoms with Crippen molar-refractivity contribution >= 4 is 27.3 Å². The van der Waals surface area contributed by atoms with E-state index >= 15 is 0 Å². The molecule has 0 radical (unpaired) electrons. The number of carbonyl (C=O) groups excluding carboxylic acids is 1. The molecule has 0 unspecified atom stereocenters. The summed E-state index contributed by atoms with van der Waals surface area (Å²) in [6.07, 6.45) is 1.33. The summed E-state index contributed by atoms with van der Waals surface area (Å²) in [7, 11) is -3.41. The molecule has 0 aliphatic carbocycles. The molecule has 0 fully saturated rings. The van der Waals surface area contributed by atoms with E-state index in [1.807, 2.05) is 6.92 Å². The van der Waals surface area contributed by atoms with Crippen LogP contribution in [0, 0.1) is 5.82 Å². The smallest absolute Gasteiger partial charge is 0.243 e. The van der Waals surface area contributed by atoms with Crippen LogP contribution in [-0.4, -0.2) is 30.8 Å². The predicted octanol–water partition coefficient (Wildman–Crippen LogP) is 4.07. The summed E-state index contributed by atoms with van der Waals surface area (Å²) in [5.74, 6) is -0.585. The highest BCUT2D eigenvalue weighted by atomic mass is 32.2. The van der Waals surface area contributed by atoms with Crippen molar-refractivity contribution in [1.29, 1.82) is 0 Å². The zero-order chi connectivity index (χ0) is 21.0. The molecule has 1 aliphatic heterocycles. The molecule has 2 aromatic rings. The van der Waals surface area contributed by atoms with Gasteiger partial charge in [0.1, 0.15) is 5.82 Å². The molecule has 1 heterocycles. The van der Waals surface area contributed by atoms with Gasteiger partial charge in [-0.25, -0.2) is 17.8 Å². The van der Waals surface area contributed by atoms with Gasteiger partial charge in [-0.15, -0.1) is 0 Å². The third-order valence-electron chi connectivity index (χ3n) is 4.74. The van der Waals surface area contributed by atoms with Crippen LogP contribution in [0.5, 0.6) is 0 Å². The van der Waals surface area contributed by atoms with Crippen LogP contribution >= 0.6 is 0 Å². The van der Waals surface area contributed by atoms with Gasteiger partial charge in [-0.1, -0.05) is 37.3 Å². The van der Waals surface area contributed by atoms with Crippen molar-refractivity contribution in [2.45, 2.75) is 39.2 Å². The molecule has 0 saturated heterocycles. The highest BCUT2D eigenvalue weighted by Crippen LogP contribution is 2.35. The van der Waals surface area contributed by atoms with Gasteiger partial charge < -0.3 is 0 Å². The molecule has 1 aliphatic rings. The summed E-state index contributed by atoms with van der Waals surface area (Å²) in [5, 5.41) is 5.85. The van der Waals surface area contributed by atoms with Crippen LogP contribution in [0.1, 0.15) is 50.3 Å². The first-order valence-electron chi connectivity index (χ1n) is 9.59. The van der Waals surface area contributed by atoms with E-state index in [0.29, 0.717) is 41.8 Å². The number of sulfonamides is 1.